The van der Waals surface area contributed by atoms with Gasteiger partial charge in [0.1, 0.15) is 0 Å². The van der Waals surface area contributed by atoms with E-state index in [0.29, 0.717) is 5.92 Å². The standard InChI is InChI=1S/C12H22BNO/c1-10-4-6-12(2,13)8-11(10)5-7-14(3)9-15/h9-11H,4-8H2,1-3H3. The minimum atomic E-state index is 0.0108. The molecule has 2 nitrogen and oxygen atoms in total. The van der Waals surface area contributed by atoms with Crippen LogP contribution in [0.4, 0.5) is 0 Å². The summed E-state index contributed by atoms with van der Waals surface area (Å²) in [6, 6.07) is 0. The van der Waals surface area contributed by atoms with Gasteiger partial charge in [-0.1, -0.05) is 38.4 Å². The Kier molecular flexibility index (Phi) is 4.24. The third-order valence-electron chi connectivity index (χ3n) is 3.74. The van der Waals surface area contributed by atoms with E-state index in [1.54, 1.807) is 4.90 Å². The fraction of sp³-hybridized carbons (Fsp3) is 0.917. The van der Waals surface area contributed by atoms with Crippen LogP contribution in [0.3, 0.4) is 0 Å². The van der Waals surface area contributed by atoms with Crippen LogP contribution in [0.5, 0.6) is 0 Å². The van der Waals surface area contributed by atoms with Gasteiger partial charge in [0.15, 0.2) is 0 Å². The molecular weight excluding hydrogens is 185 g/mol. The third-order valence-corrected chi connectivity index (χ3v) is 3.74. The van der Waals surface area contributed by atoms with Crippen LogP contribution < -0.4 is 0 Å². The Morgan fingerprint density at radius 2 is 2.27 bits per heavy atom. The first-order chi connectivity index (χ1) is 6.94. The molecule has 0 heterocycles. The molecule has 2 radical (unpaired) electrons. The quantitative estimate of drug-likeness (QED) is 0.511. The highest BCUT2D eigenvalue weighted by Crippen LogP contribution is 2.45. The van der Waals surface area contributed by atoms with Gasteiger partial charge in [0.05, 0.1) is 7.85 Å². The van der Waals surface area contributed by atoms with Crippen molar-refractivity contribution in [2.24, 2.45) is 11.8 Å². The number of amides is 1. The van der Waals surface area contributed by atoms with Crippen LogP contribution >= 0.6 is 0 Å². The minimum absolute atomic E-state index is 0.0108. The van der Waals surface area contributed by atoms with Crippen LogP contribution in [0, 0.1) is 11.8 Å². The van der Waals surface area contributed by atoms with Gasteiger partial charge in [-0.2, -0.15) is 0 Å². The van der Waals surface area contributed by atoms with Crippen LogP contribution in [-0.4, -0.2) is 32.7 Å². The van der Waals surface area contributed by atoms with Crippen molar-refractivity contribution in [1.29, 1.82) is 0 Å². The molecular formula is C12H22BNO. The molecule has 0 aliphatic heterocycles. The van der Waals surface area contributed by atoms with Crippen LogP contribution in [0.25, 0.3) is 0 Å². The lowest BCUT2D eigenvalue weighted by Gasteiger charge is -2.40. The Labute approximate surface area is 94.8 Å². The van der Waals surface area contributed by atoms with E-state index < -0.39 is 0 Å². The summed E-state index contributed by atoms with van der Waals surface area (Å²) in [4.78, 5) is 12.2. The summed E-state index contributed by atoms with van der Waals surface area (Å²) in [5.41, 5.74) is 0. The lowest BCUT2D eigenvalue weighted by atomic mass is 9.56. The first-order valence-corrected chi connectivity index (χ1v) is 5.89. The highest BCUT2D eigenvalue weighted by Gasteiger charge is 2.31. The topological polar surface area (TPSA) is 20.3 Å². The molecule has 0 bridgehead atoms. The summed E-state index contributed by atoms with van der Waals surface area (Å²) in [6.07, 6.45) is 5.44. The number of carbonyl (C=O) groups is 1. The molecule has 1 fully saturated rings. The van der Waals surface area contributed by atoms with Crippen molar-refractivity contribution in [3.8, 4) is 0 Å². The van der Waals surface area contributed by atoms with Crippen LogP contribution in [-0.2, 0) is 4.79 Å². The van der Waals surface area contributed by atoms with Gasteiger partial charge < -0.3 is 4.90 Å². The van der Waals surface area contributed by atoms with Crippen molar-refractivity contribution in [2.45, 2.75) is 44.8 Å². The average molecular weight is 207 g/mol. The van der Waals surface area contributed by atoms with Gasteiger partial charge in [-0.3, -0.25) is 4.79 Å². The fourth-order valence-corrected chi connectivity index (χ4v) is 2.50. The number of rotatable bonds is 4. The molecule has 3 atom stereocenters. The van der Waals surface area contributed by atoms with Gasteiger partial charge in [0, 0.05) is 13.6 Å². The normalized spacial score (nSPS) is 36.2. The smallest absolute Gasteiger partial charge is 0.209 e. The van der Waals surface area contributed by atoms with Crippen LogP contribution in [0.2, 0.25) is 5.31 Å². The Bertz CT molecular complexity index is 218. The molecule has 0 aromatic rings. The molecule has 0 saturated heterocycles. The molecule has 3 heteroatoms. The average Bonchev–Trinajstić information content (AvgIpc) is 2.19. The molecule has 1 amide bonds. The molecule has 1 aliphatic carbocycles. The lowest BCUT2D eigenvalue weighted by Crippen LogP contribution is -2.29. The van der Waals surface area contributed by atoms with Gasteiger partial charge in [0.25, 0.3) is 0 Å². The first kappa shape index (κ1) is 12.6. The lowest BCUT2D eigenvalue weighted by molar-refractivity contribution is -0.117. The maximum Gasteiger partial charge on any atom is 0.209 e. The molecule has 0 aromatic carbocycles. The van der Waals surface area contributed by atoms with Crippen molar-refractivity contribution in [2.75, 3.05) is 13.6 Å². The molecule has 84 valence electrons. The largest absolute Gasteiger partial charge is 0.348 e. The second-order valence-electron chi connectivity index (χ2n) is 5.51. The number of carbonyl (C=O) groups excluding carboxylic acids is 1. The molecule has 15 heavy (non-hydrogen) atoms. The Morgan fingerprint density at radius 1 is 1.60 bits per heavy atom. The second kappa shape index (κ2) is 5.04. The van der Waals surface area contributed by atoms with E-state index in [0.717, 1.165) is 38.1 Å². The van der Waals surface area contributed by atoms with Crippen molar-refractivity contribution >= 4 is 14.3 Å². The van der Waals surface area contributed by atoms with E-state index in [9.17, 15) is 4.79 Å². The Morgan fingerprint density at radius 3 is 2.87 bits per heavy atom. The Balaban J connectivity index is 2.41. The van der Waals surface area contributed by atoms with E-state index in [1.807, 2.05) is 7.05 Å². The first-order valence-electron chi connectivity index (χ1n) is 5.89. The summed E-state index contributed by atoms with van der Waals surface area (Å²) >= 11 is 0. The number of hydrogen-bond donors (Lipinski definition) is 0. The van der Waals surface area contributed by atoms with Crippen molar-refractivity contribution < 1.29 is 4.79 Å². The summed E-state index contributed by atoms with van der Waals surface area (Å²) in [5, 5.41) is 0.0108. The summed E-state index contributed by atoms with van der Waals surface area (Å²) in [5.74, 6) is 1.43. The van der Waals surface area contributed by atoms with E-state index in [1.165, 1.54) is 6.42 Å². The monoisotopic (exact) mass is 207 g/mol. The molecule has 1 aliphatic rings. The van der Waals surface area contributed by atoms with E-state index in [2.05, 4.69) is 13.8 Å². The maximum atomic E-state index is 10.5. The predicted octanol–water partition coefficient (Wildman–Crippen LogP) is 2.25. The van der Waals surface area contributed by atoms with Gasteiger partial charge in [-0.25, -0.2) is 0 Å². The highest BCUT2D eigenvalue weighted by atomic mass is 16.1. The van der Waals surface area contributed by atoms with E-state index >= 15 is 0 Å². The zero-order chi connectivity index (χ0) is 11.5. The molecule has 1 rings (SSSR count). The van der Waals surface area contributed by atoms with Gasteiger partial charge in [-0.05, 0) is 18.3 Å². The molecule has 3 unspecified atom stereocenters. The zero-order valence-corrected chi connectivity index (χ0v) is 10.2. The van der Waals surface area contributed by atoms with Crippen molar-refractivity contribution in [3.63, 3.8) is 0 Å². The molecule has 0 N–H and O–H groups in total. The van der Waals surface area contributed by atoms with Crippen molar-refractivity contribution in [1.82, 2.24) is 4.90 Å². The van der Waals surface area contributed by atoms with Gasteiger partial charge in [-0.15, -0.1) is 0 Å². The molecule has 0 spiro atoms. The second-order valence-corrected chi connectivity index (χ2v) is 5.51. The number of nitrogens with zero attached hydrogens (tertiary/aromatic N) is 1. The van der Waals surface area contributed by atoms with Crippen LogP contribution in [0.1, 0.15) is 39.5 Å². The SMILES string of the molecule is [B]C1(C)CCC(C)C(CCN(C)C=O)C1. The van der Waals surface area contributed by atoms with Crippen LogP contribution in [0.15, 0.2) is 0 Å². The molecule has 0 aromatic heterocycles. The Hall–Kier alpha value is -0.465. The highest BCUT2D eigenvalue weighted by molar-refractivity contribution is 6.14. The number of hydrogen-bond acceptors (Lipinski definition) is 1. The predicted molar refractivity (Wildman–Crippen MR) is 63.9 cm³/mol. The molecule has 1 saturated carbocycles. The van der Waals surface area contributed by atoms with E-state index in [4.69, 9.17) is 7.85 Å². The third kappa shape index (κ3) is 3.88. The summed E-state index contributed by atoms with van der Waals surface area (Å²) in [6.45, 7) is 5.31. The van der Waals surface area contributed by atoms with E-state index in [-0.39, 0.29) is 5.31 Å². The summed E-state index contributed by atoms with van der Waals surface area (Å²) in [7, 11) is 8.02. The van der Waals surface area contributed by atoms with Gasteiger partial charge >= 0.3 is 0 Å². The zero-order valence-electron chi connectivity index (χ0n) is 10.2. The minimum Gasteiger partial charge on any atom is -0.348 e. The van der Waals surface area contributed by atoms with Gasteiger partial charge in [0.2, 0.25) is 6.41 Å². The fourth-order valence-electron chi connectivity index (χ4n) is 2.50. The summed E-state index contributed by atoms with van der Waals surface area (Å²) < 4.78 is 0. The van der Waals surface area contributed by atoms with Crippen molar-refractivity contribution in [3.05, 3.63) is 0 Å². The maximum absolute atomic E-state index is 10.5.